The molecule has 0 amide bonds. The second kappa shape index (κ2) is 5.87. The molecule has 1 aromatic rings. The molecule has 18 heavy (non-hydrogen) atoms. The maximum Gasteiger partial charge on any atom is 0.0624 e. The summed E-state index contributed by atoms with van der Waals surface area (Å²) in [6, 6.07) is 2.30. The van der Waals surface area contributed by atoms with Gasteiger partial charge < -0.3 is 5.32 Å². The van der Waals surface area contributed by atoms with Crippen LogP contribution in [0.2, 0.25) is 0 Å². The molecule has 0 aromatic carbocycles. The van der Waals surface area contributed by atoms with Gasteiger partial charge in [-0.3, -0.25) is 4.68 Å². The number of aromatic nitrogens is 2. The van der Waals surface area contributed by atoms with Crippen LogP contribution in [0.1, 0.15) is 50.9 Å². The predicted octanol–water partition coefficient (Wildman–Crippen LogP) is 2.69. The maximum absolute atomic E-state index is 4.58. The lowest BCUT2D eigenvalue weighted by Crippen LogP contribution is -2.34. The molecular weight excluding hydrogens is 222 g/mol. The van der Waals surface area contributed by atoms with Gasteiger partial charge in [-0.05, 0) is 43.7 Å². The molecular formula is C15H27N3. The molecule has 1 aliphatic rings. The molecule has 2 rings (SSSR count). The minimum atomic E-state index is 0.481. The Morgan fingerprint density at radius 1 is 1.33 bits per heavy atom. The smallest absolute Gasteiger partial charge is 0.0624 e. The first kappa shape index (κ1) is 13.6. The van der Waals surface area contributed by atoms with E-state index in [1.807, 2.05) is 0 Å². The van der Waals surface area contributed by atoms with Gasteiger partial charge in [0, 0.05) is 19.3 Å². The van der Waals surface area contributed by atoms with Gasteiger partial charge in [0.25, 0.3) is 0 Å². The standard InChI is InChI=1S/C15H27N3/c1-4-13-10-14(18(3)17-13)11-15(12-16-5-2)8-6-7-9-15/h10,16H,4-9,11-12H2,1-3H3. The van der Waals surface area contributed by atoms with E-state index in [4.69, 9.17) is 0 Å². The van der Waals surface area contributed by atoms with Crippen molar-refractivity contribution in [3.05, 3.63) is 17.5 Å². The summed E-state index contributed by atoms with van der Waals surface area (Å²) >= 11 is 0. The Morgan fingerprint density at radius 2 is 2.06 bits per heavy atom. The highest BCUT2D eigenvalue weighted by atomic mass is 15.3. The Hall–Kier alpha value is -0.830. The van der Waals surface area contributed by atoms with E-state index in [2.05, 4.69) is 42.1 Å². The van der Waals surface area contributed by atoms with Crippen LogP contribution in [0.3, 0.4) is 0 Å². The fourth-order valence-electron chi connectivity index (χ4n) is 3.23. The van der Waals surface area contributed by atoms with E-state index < -0.39 is 0 Å². The molecule has 1 heterocycles. The van der Waals surface area contributed by atoms with Crippen molar-refractivity contribution >= 4 is 0 Å². The Balaban J connectivity index is 2.10. The number of nitrogens with one attached hydrogen (secondary N) is 1. The van der Waals surface area contributed by atoms with Crippen LogP contribution < -0.4 is 5.32 Å². The highest BCUT2D eigenvalue weighted by Gasteiger charge is 2.34. The van der Waals surface area contributed by atoms with Gasteiger partial charge in [0.1, 0.15) is 0 Å². The van der Waals surface area contributed by atoms with E-state index in [-0.39, 0.29) is 0 Å². The summed E-state index contributed by atoms with van der Waals surface area (Å²) in [4.78, 5) is 0. The van der Waals surface area contributed by atoms with Gasteiger partial charge in [-0.15, -0.1) is 0 Å². The van der Waals surface area contributed by atoms with Gasteiger partial charge in [0.2, 0.25) is 0 Å². The summed E-state index contributed by atoms with van der Waals surface area (Å²) < 4.78 is 2.09. The number of hydrogen-bond acceptors (Lipinski definition) is 2. The molecule has 1 fully saturated rings. The topological polar surface area (TPSA) is 29.9 Å². The zero-order valence-electron chi connectivity index (χ0n) is 12.1. The summed E-state index contributed by atoms with van der Waals surface area (Å²) in [7, 11) is 2.09. The SMILES string of the molecule is CCNCC1(Cc2cc(CC)nn2C)CCCC1. The van der Waals surface area contributed by atoms with Crippen LogP contribution in [-0.2, 0) is 19.9 Å². The van der Waals surface area contributed by atoms with Crippen molar-refractivity contribution in [2.45, 2.75) is 52.4 Å². The molecule has 0 saturated heterocycles. The number of nitrogens with zero attached hydrogens (tertiary/aromatic N) is 2. The molecule has 0 aliphatic heterocycles. The molecule has 3 heteroatoms. The Bertz CT molecular complexity index is 375. The van der Waals surface area contributed by atoms with E-state index in [0.29, 0.717) is 5.41 Å². The van der Waals surface area contributed by atoms with Crippen LogP contribution in [0.15, 0.2) is 6.07 Å². The Labute approximate surface area is 111 Å². The third kappa shape index (κ3) is 2.94. The predicted molar refractivity (Wildman–Crippen MR) is 75.7 cm³/mol. The summed E-state index contributed by atoms with van der Waals surface area (Å²) in [6.45, 7) is 6.61. The average Bonchev–Trinajstić information content (AvgIpc) is 2.96. The van der Waals surface area contributed by atoms with Gasteiger partial charge in [0.15, 0.2) is 0 Å². The minimum Gasteiger partial charge on any atom is -0.316 e. The lowest BCUT2D eigenvalue weighted by molar-refractivity contribution is 0.274. The van der Waals surface area contributed by atoms with E-state index in [9.17, 15) is 0 Å². The van der Waals surface area contributed by atoms with Crippen molar-refractivity contribution in [2.75, 3.05) is 13.1 Å². The zero-order valence-corrected chi connectivity index (χ0v) is 12.1. The zero-order chi connectivity index (χ0) is 13.0. The van der Waals surface area contributed by atoms with Crippen molar-refractivity contribution in [1.29, 1.82) is 0 Å². The normalized spacial score (nSPS) is 18.4. The number of rotatable bonds is 6. The molecule has 3 nitrogen and oxygen atoms in total. The van der Waals surface area contributed by atoms with Gasteiger partial charge in [-0.25, -0.2) is 0 Å². The van der Waals surface area contributed by atoms with Crippen LogP contribution in [0, 0.1) is 5.41 Å². The fraction of sp³-hybridized carbons (Fsp3) is 0.800. The molecule has 102 valence electrons. The van der Waals surface area contributed by atoms with Crippen LogP contribution in [0.5, 0.6) is 0 Å². The first-order valence-corrected chi connectivity index (χ1v) is 7.41. The average molecular weight is 249 g/mol. The van der Waals surface area contributed by atoms with Crippen molar-refractivity contribution in [3.8, 4) is 0 Å². The largest absolute Gasteiger partial charge is 0.316 e. The number of aryl methyl sites for hydroxylation is 2. The van der Waals surface area contributed by atoms with Gasteiger partial charge in [-0.2, -0.15) is 5.10 Å². The third-order valence-electron chi connectivity index (χ3n) is 4.36. The lowest BCUT2D eigenvalue weighted by Gasteiger charge is -2.29. The molecule has 0 unspecified atom stereocenters. The molecule has 1 aromatic heterocycles. The van der Waals surface area contributed by atoms with Gasteiger partial charge in [-0.1, -0.05) is 26.7 Å². The van der Waals surface area contributed by atoms with E-state index in [0.717, 1.165) is 19.5 Å². The van der Waals surface area contributed by atoms with E-state index >= 15 is 0 Å². The van der Waals surface area contributed by atoms with Crippen molar-refractivity contribution in [2.24, 2.45) is 12.5 Å². The van der Waals surface area contributed by atoms with Crippen molar-refractivity contribution in [3.63, 3.8) is 0 Å². The Kier molecular flexibility index (Phi) is 4.44. The summed E-state index contributed by atoms with van der Waals surface area (Å²) in [5.74, 6) is 0. The molecule has 1 saturated carbocycles. The van der Waals surface area contributed by atoms with E-state index in [1.165, 1.54) is 43.5 Å². The highest BCUT2D eigenvalue weighted by Crippen LogP contribution is 2.40. The molecule has 1 N–H and O–H groups in total. The Morgan fingerprint density at radius 3 is 2.61 bits per heavy atom. The monoisotopic (exact) mass is 249 g/mol. The fourth-order valence-corrected chi connectivity index (χ4v) is 3.23. The van der Waals surface area contributed by atoms with Crippen molar-refractivity contribution < 1.29 is 0 Å². The molecule has 0 radical (unpaired) electrons. The summed E-state index contributed by atoms with van der Waals surface area (Å²) in [6.07, 6.45) is 7.74. The first-order chi connectivity index (χ1) is 8.69. The van der Waals surface area contributed by atoms with Crippen LogP contribution in [0.4, 0.5) is 0 Å². The number of hydrogen-bond donors (Lipinski definition) is 1. The van der Waals surface area contributed by atoms with Gasteiger partial charge >= 0.3 is 0 Å². The maximum atomic E-state index is 4.58. The molecule has 0 spiro atoms. The molecule has 1 aliphatic carbocycles. The third-order valence-corrected chi connectivity index (χ3v) is 4.36. The molecule has 0 atom stereocenters. The second-order valence-corrected chi connectivity index (χ2v) is 5.77. The first-order valence-electron chi connectivity index (χ1n) is 7.41. The van der Waals surface area contributed by atoms with Crippen LogP contribution >= 0.6 is 0 Å². The summed E-state index contributed by atoms with van der Waals surface area (Å²) in [5, 5.41) is 8.14. The van der Waals surface area contributed by atoms with E-state index in [1.54, 1.807) is 0 Å². The van der Waals surface area contributed by atoms with Gasteiger partial charge in [0.05, 0.1) is 5.69 Å². The van der Waals surface area contributed by atoms with Crippen LogP contribution in [-0.4, -0.2) is 22.9 Å². The minimum absolute atomic E-state index is 0.481. The summed E-state index contributed by atoms with van der Waals surface area (Å²) in [5.41, 5.74) is 3.12. The van der Waals surface area contributed by atoms with Crippen molar-refractivity contribution in [1.82, 2.24) is 15.1 Å². The lowest BCUT2D eigenvalue weighted by atomic mass is 9.81. The second-order valence-electron chi connectivity index (χ2n) is 5.77. The van der Waals surface area contributed by atoms with Crippen LogP contribution in [0.25, 0.3) is 0 Å². The quantitative estimate of drug-likeness (QED) is 0.840. The highest BCUT2D eigenvalue weighted by molar-refractivity contribution is 5.13. The molecule has 0 bridgehead atoms.